The molecule has 144 valence electrons. The highest BCUT2D eigenvalue weighted by Gasteiger charge is 2.47. The minimum absolute atomic E-state index is 0.0774. The second-order valence-electron chi connectivity index (χ2n) is 7.89. The van der Waals surface area contributed by atoms with E-state index in [4.69, 9.17) is 9.15 Å². The van der Waals surface area contributed by atoms with E-state index < -0.39 is 0 Å². The van der Waals surface area contributed by atoms with Gasteiger partial charge in [-0.05, 0) is 50.8 Å². The highest BCUT2D eigenvalue weighted by atomic mass is 16.5. The highest BCUT2D eigenvalue weighted by Crippen LogP contribution is 2.36. The number of benzene rings is 1. The lowest BCUT2D eigenvalue weighted by molar-refractivity contribution is -0.0983. The summed E-state index contributed by atoms with van der Waals surface area (Å²) in [4.78, 5) is 17.0. The number of amides is 1. The van der Waals surface area contributed by atoms with Gasteiger partial charge in [0.25, 0.3) is 5.91 Å². The van der Waals surface area contributed by atoms with Gasteiger partial charge >= 0.3 is 0 Å². The first-order valence-corrected chi connectivity index (χ1v) is 9.92. The van der Waals surface area contributed by atoms with E-state index in [0.29, 0.717) is 23.6 Å². The van der Waals surface area contributed by atoms with E-state index in [9.17, 15) is 4.79 Å². The van der Waals surface area contributed by atoms with E-state index >= 15 is 0 Å². The summed E-state index contributed by atoms with van der Waals surface area (Å²) in [5, 5.41) is 0. The Morgan fingerprint density at radius 1 is 1.15 bits per heavy atom. The first-order chi connectivity index (χ1) is 13.1. The molecule has 5 nitrogen and oxygen atoms in total. The molecule has 0 aliphatic carbocycles. The lowest BCUT2D eigenvalue weighted by Crippen LogP contribution is -2.68. The van der Waals surface area contributed by atoms with Crippen molar-refractivity contribution in [1.29, 1.82) is 0 Å². The lowest BCUT2D eigenvalue weighted by atomic mass is 9.79. The molecular weight excluding hydrogens is 340 g/mol. The fourth-order valence-electron chi connectivity index (χ4n) is 4.44. The van der Waals surface area contributed by atoms with Crippen molar-refractivity contribution in [2.24, 2.45) is 5.92 Å². The summed E-state index contributed by atoms with van der Waals surface area (Å²) in [5.74, 6) is 1.58. The van der Waals surface area contributed by atoms with Crippen LogP contribution in [0.4, 0.5) is 0 Å². The molecule has 2 fully saturated rings. The topological polar surface area (TPSA) is 45.9 Å². The van der Waals surface area contributed by atoms with E-state index in [0.717, 1.165) is 38.2 Å². The molecule has 0 spiro atoms. The standard InChI is InChI=1S/C22H28N2O3/c1-16(2)24-14-20(27-19-6-4-3-5-7-19)21(24)17-8-11-23(12-9-17)22(25)18-10-13-26-15-18/h3-7,10,13,15-17,20-21H,8-9,11-12,14H2,1-2H3. The van der Waals surface area contributed by atoms with Crippen LogP contribution in [-0.2, 0) is 0 Å². The van der Waals surface area contributed by atoms with Gasteiger partial charge < -0.3 is 14.1 Å². The third kappa shape index (κ3) is 3.74. The zero-order chi connectivity index (χ0) is 18.8. The molecule has 2 unspecified atom stereocenters. The fourth-order valence-corrected chi connectivity index (χ4v) is 4.44. The van der Waals surface area contributed by atoms with Crippen LogP contribution in [0.25, 0.3) is 0 Å². The maximum atomic E-state index is 12.5. The Morgan fingerprint density at radius 3 is 2.52 bits per heavy atom. The van der Waals surface area contributed by atoms with Crippen LogP contribution < -0.4 is 4.74 Å². The first kappa shape index (κ1) is 18.1. The maximum Gasteiger partial charge on any atom is 0.257 e. The Kier molecular flexibility index (Phi) is 5.21. The van der Waals surface area contributed by atoms with Crippen molar-refractivity contribution in [3.05, 3.63) is 54.5 Å². The predicted octanol–water partition coefficient (Wildman–Crippen LogP) is 3.67. The molecular formula is C22H28N2O3. The number of ether oxygens (including phenoxy) is 1. The van der Waals surface area contributed by atoms with Gasteiger partial charge in [-0.1, -0.05) is 18.2 Å². The summed E-state index contributed by atoms with van der Waals surface area (Å²) in [6, 6.07) is 12.8. The molecule has 2 aliphatic heterocycles. The van der Waals surface area contributed by atoms with Gasteiger partial charge in [-0.15, -0.1) is 0 Å². The number of furan rings is 1. The SMILES string of the molecule is CC(C)N1CC(Oc2ccccc2)C1C1CCN(C(=O)c2ccoc2)CC1. The summed E-state index contributed by atoms with van der Waals surface area (Å²) >= 11 is 0. The fraction of sp³-hybridized carbons (Fsp3) is 0.500. The minimum atomic E-state index is 0.0774. The zero-order valence-corrected chi connectivity index (χ0v) is 16.1. The molecule has 1 amide bonds. The van der Waals surface area contributed by atoms with Gasteiger partial charge in [-0.2, -0.15) is 0 Å². The number of carbonyl (C=O) groups is 1. The summed E-state index contributed by atoms with van der Waals surface area (Å²) < 4.78 is 11.3. The van der Waals surface area contributed by atoms with E-state index in [2.05, 4.69) is 18.7 Å². The van der Waals surface area contributed by atoms with Gasteiger partial charge in [0.15, 0.2) is 0 Å². The molecule has 4 rings (SSSR count). The van der Waals surface area contributed by atoms with Crippen molar-refractivity contribution >= 4 is 5.91 Å². The molecule has 0 N–H and O–H groups in total. The molecule has 3 heterocycles. The van der Waals surface area contributed by atoms with Crippen LogP contribution in [0.1, 0.15) is 37.0 Å². The summed E-state index contributed by atoms with van der Waals surface area (Å²) in [6.45, 7) is 7.09. The van der Waals surface area contributed by atoms with Crippen LogP contribution in [0.15, 0.2) is 53.3 Å². The second kappa shape index (κ2) is 7.77. The molecule has 1 aromatic carbocycles. The summed E-state index contributed by atoms with van der Waals surface area (Å²) in [5.41, 5.74) is 0.645. The number of piperidine rings is 1. The molecule has 5 heteroatoms. The lowest BCUT2D eigenvalue weighted by Gasteiger charge is -2.54. The largest absolute Gasteiger partial charge is 0.487 e. The van der Waals surface area contributed by atoms with Gasteiger partial charge in [0.2, 0.25) is 0 Å². The molecule has 27 heavy (non-hydrogen) atoms. The van der Waals surface area contributed by atoms with Gasteiger partial charge in [-0.3, -0.25) is 9.69 Å². The second-order valence-corrected chi connectivity index (χ2v) is 7.89. The minimum Gasteiger partial charge on any atom is -0.487 e. The van der Waals surface area contributed by atoms with Crippen molar-refractivity contribution in [2.75, 3.05) is 19.6 Å². The van der Waals surface area contributed by atoms with E-state index in [1.54, 1.807) is 12.3 Å². The van der Waals surface area contributed by atoms with Crippen LogP contribution in [0, 0.1) is 5.92 Å². The highest BCUT2D eigenvalue weighted by molar-refractivity contribution is 5.93. The number of rotatable bonds is 5. The molecule has 2 atom stereocenters. The van der Waals surface area contributed by atoms with Crippen LogP contribution in [-0.4, -0.2) is 53.5 Å². The van der Waals surface area contributed by atoms with Crippen molar-refractivity contribution in [1.82, 2.24) is 9.80 Å². The van der Waals surface area contributed by atoms with Crippen molar-refractivity contribution < 1.29 is 13.9 Å². The van der Waals surface area contributed by atoms with E-state index in [-0.39, 0.29) is 12.0 Å². The van der Waals surface area contributed by atoms with Gasteiger partial charge in [0.05, 0.1) is 17.9 Å². The smallest absolute Gasteiger partial charge is 0.257 e. The first-order valence-electron chi connectivity index (χ1n) is 9.92. The quantitative estimate of drug-likeness (QED) is 0.808. The van der Waals surface area contributed by atoms with Crippen molar-refractivity contribution in [2.45, 2.75) is 44.9 Å². The molecule has 0 bridgehead atoms. The third-order valence-electron chi connectivity index (χ3n) is 5.93. The molecule has 0 radical (unpaired) electrons. The maximum absolute atomic E-state index is 12.5. The zero-order valence-electron chi connectivity index (χ0n) is 16.1. The van der Waals surface area contributed by atoms with E-state index in [1.165, 1.54) is 6.26 Å². The number of likely N-dealkylation sites (tertiary alicyclic amines) is 2. The Labute approximate surface area is 160 Å². The van der Waals surface area contributed by atoms with E-state index in [1.807, 2.05) is 35.2 Å². The molecule has 2 saturated heterocycles. The van der Waals surface area contributed by atoms with Gasteiger partial charge in [0, 0.05) is 25.7 Å². The Hall–Kier alpha value is -2.27. The van der Waals surface area contributed by atoms with Crippen LogP contribution in [0.2, 0.25) is 0 Å². The number of carbonyl (C=O) groups excluding carboxylic acids is 1. The molecule has 2 aliphatic rings. The number of nitrogens with zero attached hydrogens (tertiary/aromatic N) is 2. The molecule has 2 aromatic rings. The van der Waals surface area contributed by atoms with Gasteiger partial charge in [-0.25, -0.2) is 0 Å². The predicted molar refractivity (Wildman–Crippen MR) is 104 cm³/mol. The van der Waals surface area contributed by atoms with Crippen LogP contribution in [0.5, 0.6) is 5.75 Å². The number of para-hydroxylation sites is 1. The summed E-state index contributed by atoms with van der Waals surface area (Å²) in [7, 11) is 0. The summed E-state index contributed by atoms with van der Waals surface area (Å²) in [6.07, 6.45) is 5.36. The Bertz CT molecular complexity index is 736. The molecule has 1 aromatic heterocycles. The molecule has 0 saturated carbocycles. The van der Waals surface area contributed by atoms with Crippen LogP contribution in [0.3, 0.4) is 0 Å². The third-order valence-corrected chi connectivity index (χ3v) is 5.93. The van der Waals surface area contributed by atoms with Crippen molar-refractivity contribution in [3.63, 3.8) is 0 Å². The average Bonchev–Trinajstić information content (AvgIpc) is 3.20. The van der Waals surface area contributed by atoms with Crippen molar-refractivity contribution in [3.8, 4) is 5.75 Å². The number of hydrogen-bond donors (Lipinski definition) is 0. The number of hydrogen-bond acceptors (Lipinski definition) is 4. The Balaban J connectivity index is 1.39. The van der Waals surface area contributed by atoms with Crippen LogP contribution >= 0.6 is 0 Å². The Morgan fingerprint density at radius 2 is 1.89 bits per heavy atom. The van der Waals surface area contributed by atoms with Gasteiger partial charge in [0.1, 0.15) is 18.1 Å². The average molecular weight is 368 g/mol. The monoisotopic (exact) mass is 368 g/mol. The normalized spacial score (nSPS) is 24.0.